The van der Waals surface area contributed by atoms with Crippen molar-refractivity contribution in [2.45, 2.75) is 19.4 Å². The normalized spacial score (nSPS) is 17.8. The highest BCUT2D eigenvalue weighted by Gasteiger charge is 2.25. The van der Waals surface area contributed by atoms with Gasteiger partial charge in [-0.25, -0.2) is 9.97 Å². The van der Waals surface area contributed by atoms with Crippen molar-refractivity contribution in [3.8, 4) is 0 Å². The lowest BCUT2D eigenvalue weighted by Gasteiger charge is -2.36. The Morgan fingerprint density at radius 2 is 1.81 bits per heavy atom. The molecule has 3 nitrogen and oxygen atoms in total. The van der Waals surface area contributed by atoms with Crippen LogP contribution in [0.5, 0.6) is 0 Å². The summed E-state index contributed by atoms with van der Waals surface area (Å²) >= 11 is 0. The van der Waals surface area contributed by atoms with Gasteiger partial charge in [0.25, 0.3) is 0 Å². The molecule has 0 saturated carbocycles. The molecule has 0 bridgehead atoms. The topological polar surface area (TPSA) is 29.0 Å². The second-order valence-corrected chi connectivity index (χ2v) is 5.53. The van der Waals surface area contributed by atoms with Crippen LogP contribution in [0.15, 0.2) is 54.9 Å². The highest BCUT2D eigenvalue weighted by Crippen LogP contribution is 2.34. The molecule has 0 fully saturated rings. The minimum Gasteiger partial charge on any atom is -0.349 e. The molecule has 1 atom stereocenters. The van der Waals surface area contributed by atoms with Crippen LogP contribution in [0.2, 0.25) is 0 Å². The predicted octanol–water partition coefficient (Wildman–Crippen LogP) is 3.75. The van der Waals surface area contributed by atoms with E-state index in [4.69, 9.17) is 0 Å². The molecule has 2 heterocycles. The first-order valence-corrected chi connectivity index (χ1v) is 7.39. The van der Waals surface area contributed by atoms with Crippen molar-refractivity contribution in [2.75, 3.05) is 11.4 Å². The summed E-state index contributed by atoms with van der Waals surface area (Å²) in [5.74, 6) is 1.04. The van der Waals surface area contributed by atoms with E-state index in [9.17, 15) is 0 Å². The molecule has 3 aromatic rings. The van der Waals surface area contributed by atoms with Crippen molar-refractivity contribution >= 4 is 16.7 Å². The van der Waals surface area contributed by atoms with Crippen molar-refractivity contribution in [3.63, 3.8) is 0 Å². The van der Waals surface area contributed by atoms with Gasteiger partial charge in [0.05, 0.1) is 11.6 Å². The summed E-state index contributed by atoms with van der Waals surface area (Å²) in [6, 6.07) is 17.3. The minimum absolute atomic E-state index is 0.341. The third-order valence-electron chi connectivity index (χ3n) is 4.39. The van der Waals surface area contributed by atoms with Crippen molar-refractivity contribution in [1.29, 1.82) is 0 Å². The number of hydrogen-bond donors (Lipinski definition) is 0. The first-order chi connectivity index (χ1) is 10.3. The lowest BCUT2D eigenvalue weighted by Crippen LogP contribution is -2.34. The molecule has 1 unspecified atom stereocenters. The number of para-hydroxylation sites is 1. The number of rotatable bonds is 1. The molecule has 104 valence electrons. The SMILES string of the molecule is CC1c2ccccc2CCN1c1ncnc2ccccc12. The molecule has 4 rings (SSSR count). The molecular formula is C18H17N3. The molecular weight excluding hydrogens is 258 g/mol. The van der Waals surface area contributed by atoms with E-state index in [1.165, 1.54) is 11.1 Å². The zero-order chi connectivity index (χ0) is 14.2. The Kier molecular flexibility index (Phi) is 2.85. The summed E-state index contributed by atoms with van der Waals surface area (Å²) in [4.78, 5) is 11.3. The number of hydrogen-bond acceptors (Lipinski definition) is 3. The molecule has 1 aliphatic heterocycles. The summed E-state index contributed by atoms with van der Waals surface area (Å²) in [5.41, 5.74) is 3.87. The van der Waals surface area contributed by atoms with Crippen LogP contribution in [0.25, 0.3) is 10.9 Å². The van der Waals surface area contributed by atoms with E-state index >= 15 is 0 Å². The first-order valence-electron chi connectivity index (χ1n) is 7.39. The van der Waals surface area contributed by atoms with E-state index in [1.54, 1.807) is 6.33 Å². The van der Waals surface area contributed by atoms with Crippen molar-refractivity contribution < 1.29 is 0 Å². The summed E-state index contributed by atoms with van der Waals surface area (Å²) in [7, 11) is 0. The van der Waals surface area contributed by atoms with Gasteiger partial charge in [0.2, 0.25) is 0 Å². The van der Waals surface area contributed by atoms with Crippen LogP contribution < -0.4 is 4.90 Å². The lowest BCUT2D eigenvalue weighted by atomic mass is 9.93. The minimum atomic E-state index is 0.341. The van der Waals surface area contributed by atoms with Gasteiger partial charge in [-0.05, 0) is 36.6 Å². The van der Waals surface area contributed by atoms with Gasteiger partial charge in [0.15, 0.2) is 0 Å². The van der Waals surface area contributed by atoms with Crippen molar-refractivity contribution in [3.05, 3.63) is 66.0 Å². The highest BCUT2D eigenvalue weighted by molar-refractivity contribution is 5.89. The first kappa shape index (κ1) is 12.3. The number of benzene rings is 2. The molecule has 0 spiro atoms. The maximum absolute atomic E-state index is 4.57. The smallest absolute Gasteiger partial charge is 0.140 e. The molecule has 2 aromatic carbocycles. The Bertz CT molecular complexity index is 792. The Labute approximate surface area is 124 Å². The van der Waals surface area contributed by atoms with Crippen LogP contribution in [0.4, 0.5) is 5.82 Å². The zero-order valence-corrected chi connectivity index (χ0v) is 12.0. The van der Waals surface area contributed by atoms with Gasteiger partial charge in [-0.3, -0.25) is 0 Å². The Morgan fingerprint density at radius 3 is 2.76 bits per heavy atom. The van der Waals surface area contributed by atoms with Gasteiger partial charge >= 0.3 is 0 Å². The zero-order valence-electron chi connectivity index (χ0n) is 12.0. The molecule has 21 heavy (non-hydrogen) atoms. The molecule has 0 saturated heterocycles. The largest absolute Gasteiger partial charge is 0.349 e. The second kappa shape index (κ2) is 4.85. The third kappa shape index (κ3) is 1.97. The number of aromatic nitrogens is 2. The van der Waals surface area contributed by atoms with Gasteiger partial charge in [0, 0.05) is 11.9 Å². The monoisotopic (exact) mass is 275 g/mol. The van der Waals surface area contributed by atoms with Crippen molar-refractivity contribution in [1.82, 2.24) is 9.97 Å². The van der Waals surface area contributed by atoms with Crippen LogP contribution in [0.1, 0.15) is 24.1 Å². The quantitative estimate of drug-likeness (QED) is 0.677. The van der Waals surface area contributed by atoms with E-state index < -0.39 is 0 Å². The Balaban J connectivity index is 1.84. The third-order valence-corrected chi connectivity index (χ3v) is 4.39. The van der Waals surface area contributed by atoms with Gasteiger partial charge in [-0.2, -0.15) is 0 Å². The van der Waals surface area contributed by atoms with Crippen LogP contribution in [0.3, 0.4) is 0 Å². The fraction of sp³-hybridized carbons (Fsp3) is 0.222. The summed E-state index contributed by atoms with van der Waals surface area (Å²) in [6.45, 7) is 3.26. The van der Waals surface area contributed by atoms with Crippen LogP contribution in [-0.4, -0.2) is 16.5 Å². The van der Waals surface area contributed by atoms with Gasteiger partial charge in [-0.15, -0.1) is 0 Å². The predicted molar refractivity (Wildman–Crippen MR) is 85.4 cm³/mol. The molecule has 0 radical (unpaired) electrons. The van der Waals surface area contributed by atoms with Gasteiger partial charge in [0.1, 0.15) is 12.1 Å². The Morgan fingerprint density at radius 1 is 1.00 bits per heavy atom. The maximum Gasteiger partial charge on any atom is 0.140 e. The molecule has 3 heteroatoms. The summed E-state index contributed by atoms with van der Waals surface area (Å²) in [5, 5.41) is 1.13. The molecule has 0 amide bonds. The van der Waals surface area contributed by atoms with Crippen LogP contribution in [0, 0.1) is 0 Å². The second-order valence-electron chi connectivity index (χ2n) is 5.53. The van der Waals surface area contributed by atoms with E-state index in [0.29, 0.717) is 6.04 Å². The van der Waals surface area contributed by atoms with E-state index in [0.717, 1.165) is 29.7 Å². The number of nitrogens with zero attached hydrogens (tertiary/aromatic N) is 3. The fourth-order valence-electron chi connectivity index (χ4n) is 3.28. The molecule has 1 aromatic heterocycles. The standard InChI is InChI=1S/C18H17N3/c1-13-15-7-3-2-6-14(15)10-11-21(13)18-16-8-4-5-9-17(16)19-12-20-18/h2-9,12-13H,10-11H2,1H3. The molecule has 0 N–H and O–H groups in total. The van der Waals surface area contributed by atoms with Crippen LogP contribution in [-0.2, 0) is 6.42 Å². The number of fused-ring (bicyclic) bond motifs is 2. The van der Waals surface area contributed by atoms with Gasteiger partial charge < -0.3 is 4.90 Å². The van der Waals surface area contributed by atoms with Gasteiger partial charge in [-0.1, -0.05) is 36.4 Å². The lowest BCUT2D eigenvalue weighted by molar-refractivity contribution is 0.619. The summed E-state index contributed by atoms with van der Waals surface area (Å²) < 4.78 is 0. The maximum atomic E-state index is 4.57. The van der Waals surface area contributed by atoms with E-state index in [2.05, 4.69) is 58.2 Å². The number of anilines is 1. The average molecular weight is 275 g/mol. The van der Waals surface area contributed by atoms with E-state index in [-0.39, 0.29) is 0 Å². The Hall–Kier alpha value is -2.42. The van der Waals surface area contributed by atoms with Crippen LogP contribution >= 0.6 is 0 Å². The highest BCUT2D eigenvalue weighted by atomic mass is 15.2. The molecule has 1 aliphatic rings. The average Bonchev–Trinajstić information content (AvgIpc) is 2.55. The van der Waals surface area contributed by atoms with Crippen molar-refractivity contribution in [2.24, 2.45) is 0 Å². The molecule has 0 aliphatic carbocycles. The fourth-order valence-corrected chi connectivity index (χ4v) is 3.28. The summed E-state index contributed by atoms with van der Waals surface area (Å²) in [6.07, 6.45) is 2.74. The van der Waals surface area contributed by atoms with E-state index in [1.807, 2.05) is 12.1 Å².